The molecule has 2 aromatic carbocycles. The highest BCUT2D eigenvalue weighted by molar-refractivity contribution is 5.94. The van der Waals surface area contributed by atoms with Crippen molar-refractivity contribution in [3.8, 4) is 11.5 Å². The predicted molar refractivity (Wildman–Crippen MR) is 82.5 cm³/mol. The Morgan fingerprint density at radius 1 is 0.870 bits per heavy atom. The second kappa shape index (κ2) is 7.22. The van der Waals surface area contributed by atoms with Crippen LogP contribution in [0.5, 0.6) is 11.5 Å². The van der Waals surface area contributed by atoms with Gasteiger partial charge in [0.25, 0.3) is 5.91 Å². The highest BCUT2D eigenvalue weighted by Gasteiger charge is 2.09. The number of rotatable bonds is 6. The molecular formula is C17H15NO5. The summed E-state index contributed by atoms with van der Waals surface area (Å²) in [4.78, 5) is 33.8. The second-order valence-electron chi connectivity index (χ2n) is 4.75. The molecule has 0 aromatic heterocycles. The Morgan fingerprint density at radius 2 is 1.39 bits per heavy atom. The summed E-state index contributed by atoms with van der Waals surface area (Å²) < 4.78 is 10.3. The number of primary amides is 1. The minimum absolute atomic E-state index is 0.0607. The first-order valence-corrected chi connectivity index (χ1v) is 6.80. The second-order valence-corrected chi connectivity index (χ2v) is 4.75. The third-order valence-electron chi connectivity index (χ3n) is 2.94. The van der Waals surface area contributed by atoms with Gasteiger partial charge in [-0.2, -0.15) is 0 Å². The smallest absolute Gasteiger partial charge is 0.343 e. The zero-order valence-electron chi connectivity index (χ0n) is 12.4. The average molecular weight is 313 g/mol. The van der Waals surface area contributed by atoms with Crippen LogP contribution in [0.4, 0.5) is 0 Å². The first-order valence-electron chi connectivity index (χ1n) is 6.80. The van der Waals surface area contributed by atoms with Crippen LogP contribution in [-0.2, 0) is 4.79 Å². The van der Waals surface area contributed by atoms with Crippen molar-refractivity contribution < 1.29 is 23.9 Å². The summed E-state index contributed by atoms with van der Waals surface area (Å²) in [6.07, 6.45) is 0. The van der Waals surface area contributed by atoms with Crippen molar-refractivity contribution in [2.45, 2.75) is 6.92 Å². The van der Waals surface area contributed by atoms with Gasteiger partial charge >= 0.3 is 5.97 Å². The molecule has 0 aliphatic rings. The van der Waals surface area contributed by atoms with E-state index in [9.17, 15) is 14.4 Å². The lowest BCUT2D eigenvalue weighted by atomic mass is 10.1. The van der Waals surface area contributed by atoms with E-state index < -0.39 is 11.9 Å². The van der Waals surface area contributed by atoms with Gasteiger partial charge in [0.15, 0.2) is 12.4 Å². The van der Waals surface area contributed by atoms with E-state index in [1.165, 1.54) is 19.1 Å². The fourth-order valence-electron chi connectivity index (χ4n) is 1.77. The van der Waals surface area contributed by atoms with Crippen LogP contribution in [0.25, 0.3) is 0 Å². The molecule has 23 heavy (non-hydrogen) atoms. The van der Waals surface area contributed by atoms with Crippen molar-refractivity contribution >= 4 is 17.7 Å². The number of hydrogen-bond donors (Lipinski definition) is 1. The number of carbonyl (C=O) groups is 3. The van der Waals surface area contributed by atoms with Crippen molar-refractivity contribution in [2.24, 2.45) is 5.73 Å². The third kappa shape index (κ3) is 4.67. The van der Waals surface area contributed by atoms with Crippen LogP contribution in [0.1, 0.15) is 27.6 Å². The number of amides is 1. The SMILES string of the molecule is CC(=O)c1ccc(OC(=O)c2ccc(OCC(N)=O)cc2)cc1. The molecule has 0 radical (unpaired) electrons. The van der Waals surface area contributed by atoms with Crippen LogP contribution in [0, 0.1) is 0 Å². The van der Waals surface area contributed by atoms with Crippen molar-refractivity contribution in [1.82, 2.24) is 0 Å². The van der Waals surface area contributed by atoms with Gasteiger partial charge in [-0.3, -0.25) is 9.59 Å². The standard InChI is InChI=1S/C17H15NO5/c1-11(19)12-2-8-15(9-3-12)23-17(21)13-4-6-14(7-5-13)22-10-16(18)20/h2-9H,10H2,1H3,(H2,18,20). The van der Waals surface area contributed by atoms with Gasteiger partial charge in [-0.15, -0.1) is 0 Å². The third-order valence-corrected chi connectivity index (χ3v) is 2.94. The van der Waals surface area contributed by atoms with Gasteiger partial charge in [0.2, 0.25) is 0 Å². The molecular weight excluding hydrogens is 298 g/mol. The molecule has 2 rings (SSSR count). The largest absolute Gasteiger partial charge is 0.484 e. The molecule has 0 bridgehead atoms. The Hall–Kier alpha value is -3.15. The van der Waals surface area contributed by atoms with Gasteiger partial charge in [-0.05, 0) is 55.5 Å². The maximum Gasteiger partial charge on any atom is 0.343 e. The number of ketones is 1. The maximum atomic E-state index is 12.0. The quantitative estimate of drug-likeness (QED) is 0.500. The van der Waals surface area contributed by atoms with Gasteiger partial charge in [0.1, 0.15) is 11.5 Å². The lowest BCUT2D eigenvalue weighted by Gasteiger charge is -2.06. The Morgan fingerprint density at radius 3 is 1.91 bits per heavy atom. The van der Waals surface area contributed by atoms with E-state index in [1.807, 2.05) is 0 Å². The molecule has 2 N–H and O–H groups in total. The monoisotopic (exact) mass is 313 g/mol. The molecule has 6 nitrogen and oxygen atoms in total. The molecule has 118 valence electrons. The molecule has 0 fully saturated rings. The van der Waals surface area contributed by atoms with E-state index >= 15 is 0 Å². The molecule has 6 heteroatoms. The number of ether oxygens (including phenoxy) is 2. The molecule has 0 saturated carbocycles. The normalized spacial score (nSPS) is 9.96. The van der Waals surface area contributed by atoms with Crippen LogP contribution >= 0.6 is 0 Å². The first kappa shape index (κ1) is 16.2. The van der Waals surface area contributed by atoms with Crippen molar-refractivity contribution in [1.29, 1.82) is 0 Å². The summed E-state index contributed by atoms with van der Waals surface area (Å²) >= 11 is 0. The molecule has 0 unspecified atom stereocenters. The van der Waals surface area contributed by atoms with Gasteiger partial charge in [-0.1, -0.05) is 0 Å². The summed E-state index contributed by atoms with van der Waals surface area (Å²) in [6, 6.07) is 12.4. The molecule has 0 spiro atoms. The summed E-state index contributed by atoms with van der Waals surface area (Å²) in [5.41, 5.74) is 5.84. The van der Waals surface area contributed by atoms with Crippen LogP contribution in [0.15, 0.2) is 48.5 Å². The zero-order valence-corrected chi connectivity index (χ0v) is 12.4. The lowest BCUT2D eigenvalue weighted by Crippen LogP contribution is -2.20. The van der Waals surface area contributed by atoms with E-state index in [0.29, 0.717) is 22.6 Å². The highest BCUT2D eigenvalue weighted by atomic mass is 16.5. The van der Waals surface area contributed by atoms with Crippen molar-refractivity contribution in [3.05, 3.63) is 59.7 Å². The molecule has 1 amide bonds. The lowest BCUT2D eigenvalue weighted by molar-refractivity contribution is -0.119. The van der Waals surface area contributed by atoms with E-state index in [0.717, 1.165) is 0 Å². The average Bonchev–Trinajstić information content (AvgIpc) is 2.54. The maximum absolute atomic E-state index is 12.0. The van der Waals surface area contributed by atoms with Crippen LogP contribution < -0.4 is 15.2 Å². The number of hydrogen-bond acceptors (Lipinski definition) is 5. The Kier molecular flexibility index (Phi) is 5.09. The van der Waals surface area contributed by atoms with Crippen LogP contribution in [-0.4, -0.2) is 24.3 Å². The van der Waals surface area contributed by atoms with Gasteiger partial charge in [0, 0.05) is 5.56 Å². The number of benzene rings is 2. The Bertz CT molecular complexity index is 720. The molecule has 0 aliphatic heterocycles. The van der Waals surface area contributed by atoms with E-state index in [2.05, 4.69) is 0 Å². The number of nitrogens with two attached hydrogens (primary N) is 1. The minimum atomic E-state index is -0.581. The zero-order chi connectivity index (χ0) is 16.8. The molecule has 0 heterocycles. The summed E-state index contributed by atoms with van der Waals surface area (Å²) in [5, 5.41) is 0. The van der Waals surface area contributed by atoms with Crippen LogP contribution in [0.2, 0.25) is 0 Å². The summed E-state index contributed by atoms with van der Waals surface area (Å²) in [6.45, 7) is 1.23. The van der Waals surface area contributed by atoms with Gasteiger partial charge in [0.05, 0.1) is 5.56 Å². The number of Topliss-reactive ketones (excluding diaryl/α,β-unsaturated/α-hetero) is 1. The number of carbonyl (C=O) groups excluding carboxylic acids is 3. The first-order chi connectivity index (χ1) is 11.0. The molecule has 0 saturated heterocycles. The fraction of sp³-hybridized carbons (Fsp3) is 0.118. The summed E-state index contributed by atoms with van der Waals surface area (Å²) in [7, 11) is 0. The van der Waals surface area contributed by atoms with Gasteiger partial charge < -0.3 is 15.2 Å². The van der Waals surface area contributed by atoms with Crippen molar-refractivity contribution in [3.63, 3.8) is 0 Å². The van der Waals surface area contributed by atoms with E-state index in [-0.39, 0.29) is 12.4 Å². The highest BCUT2D eigenvalue weighted by Crippen LogP contribution is 2.17. The Balaban J connectivity index is 2.00. The van der Waals surface area contributed by atoms with Crippen LogP contribution in [0.3, 0.4) is 0 Å². The van der Waals surface area contributed by atoms with E-state index in [1.54, 1.807) is 36.4 Å². The fourth-order valence-corrected chi connectivity index (χ4v) is 1.77. The van der Waals surface area contributed by atoms with Crippen molar-refractivity contribution in [2.75, 3.05) is 6.61 Å². The number of esters is 1. The summed E-state index contributed by atoms with van der Waals surface area (Å²) in [5.74, 6) is -0.417. The van der Waals surface area contributed by atoms with E-state index in [4.69, 9.17) is 15.2 Å². The Labute approximate surface area is 132 Å². The minimum Gasteiger partial charge on any atom is -0.484 e. The predicted octanol–water partition coefficient (Wildman–Crippen LogP) is 1.97. The molecule has 2 aromatic rings. The molecule has 0 aliphatic carbocycles. The molecule has 0 atom stereocenters. The topological polar surface area (TPSA) is 95.7 Å². The van der Waals surface area contributed by atoms with Gasteiger partial charge in [-0.25, -0.2) is 4.79 Å².